The summed E-state index contributed by atoms with van der Waals surface area (Å²) in [5.41, 5.74) is 2.10. The second-order valence-corrected chi connectivity index (χ2v) is 29.0. The molecular weight excluding hydrogens is 1370 g/mol. The molecule has 32 heteroatoms. The molecular formula is C67H88ClN9O19S3. The minimum Gasteiger partial charge on any atom is -0.508 e. The number of nitrogens with zero attached hydrogens (tertiary/aromatic N) is 4. The van der Waals surface area contributed by atoms with Crippen LogP contribution in [0.1, 0.15) is 88.8 Å². The number of thiocarbonyl (C=S) groups is 1. The molecule has 3 heterocycles. The highest BCUT2D eigenvalue weighted by Crippen LogP contribution is 2.31. The number of carbonyl (C=O) groups is 12. The first-order chi connectivity index (χ1) is 46.9. The number of aliphatic carboxylic acids is 4. The summed E-state index contributed by atoms with van der Waals surface area (Å²) < 4.78 is 0. The van der Waals surface area contributed by atoms with E-state index in [1.807, 2.05) is 13.8 Å². The van der Waals surface area contributed by atoms with Gasteiger partial charge in [0.25, 0.3) is 0 Å². The first-order valence-corrected chi connectivity index (χ1v) is 35.9. The number of phenolic OH excluding ortho intramolecular Hbond substituents is 2. The number of halogens is 1. The Morgan fingerprint density at radius 2 is 1.37 bits per heavy atom. The lowest BCUT2D eigenvalue weighted by Gasteiger charge is -2.33. The number of phenols is 2. The minimum atomic E-state index is -1.56. The highest BCUT2D eigenvalue weighted by molar-refractivity contribution is 8.76. The van der Waals surface area contributed by atoms with Crippen molar-refractivity contribution in [1.82, 2.24) is 40.9 Å². The third-order valence-corrected chi connectivity index (χ3v) is 20.2. The fourth-order valence-corrected chi connectivity index (χ4v) is 15.0. The number of aliphatic hydroxyl groups is 1. The Bertz CT molecular complexity index is 3390. The minimum absolute atomic E-state index is 0.0105. The predicted octanol–water partition coefficient (Wildman–Crippen LogP) is 3.03. The largest absolute Gasteiger partial charge is 0.508 e. The van der Waals surface area contributed by atoms with Crippen LogP contribution in [0.5, 0.6) is 11.5 Å². The summed E-state index contributed by atoms with van der Waals surface area (Å²) in [6, 6.07) is 11.2. The van der Waals surface area contributed by atoms with Gasteiger partial charge in [-0.15, -0.1) is 0 Å². The molecule has 0 saturated carbocycles. The van der Waals surface area contributed by atoms with Crippen LogP contribution in [-0.2, 0) is 76.8 Å². The number of carboxylic acid groups (broad SMARTS) is 4. The van der Waals surface area contributed by atoms with Gasteiger partial charge < -0.3 is 67.2 Å². The Morgan fingerprint density at radius 1 is 0.737 bits per heavy atom. The number of anilines is 1. The zero-order chi connectivity index (χ0) is 72.6. The molecule has 540 valence electrons. The van der Waals surface area contributed by atoms with Gasteiger partial charge in [0, 0.05) is 119 Å². The van der Waals surface area contributed by atoms with Crippen molar-refractivity contribution in [3.05, 3.63) is 88.4 Å². The molecule has 3 aromatic carbocycles. The summed E-state index contributed by atoms with van der Waals surface area (Å²) in [7, 11) is 2.09. The van der Waals surface area contributed by atoms with E-state index >= 15 is 4.79 Å². The third-order valence-electron chi connectivity index (χ3n) is 17.3. The lowest BCUT2D eigenvalue weighted by Crippen LogP contribution is -2.54. The number of aliphatic hydroxyl groups excluding tert-OH is 1. The van der Waals surface area contributed by atoms with Gasteiger partial charge in [0.1, 0.15) is 17.5 Å². The first kappa shape index (κ1) is 80.2. The molecule has 0 radical (unpaired) electrons. The summed E-state index contributed by atoms with van der Waals surface area (Å²) >= 11 is 12.0. The van der Waals surface area contributed by atoms with Crippen molar-refractivity contribution >= 4 is 127 Å². The highest BCUT2D eigenvalue weighted by Gasteiger charge is 2.44. The van der Waals surface area contributed by atoms with Gasteiger partial charge in [-0.3, -0.25) is 72.2 Å². The number of hydrogen-bond donors (Lipinski definition) is 12. The van der Waals surface area contributed by atoms with Crippen LogP contribution in [0.15, 0.2) is 66.7 Å². The molecule has 0 bridgehead atoms. The Hall–Kier alpha value is -7.78. The van der Waals surface area contributed by atoms with E-state index in [4.69, 9.17) is 23.8 Å². The van der Waals surface area contributed by atoms with Crippen molar-refractivity contribution in [3.63, 3.8) is 0 Å². The van der Waals surface area contributed by atoms with Crippen LogP contribution in [0, 0.1) is 23.7 Å². The Morgan fingerprint density at radius 3 is 2.02 bits per heavy atom. The lowest BCUT2D eigenvalue weighted by molar-refractivity contribution is -0.142. The van der Waals surface area contributed by atoms with Crippen LogP contribution < -0.4 is 26.6 Å². The third kappa shape index (κ3) is 26.7. The molecule has 3 fully saturated rings. The number of amides is 4. The molecule has 99 heavy (non-hydrogen) atoms. The van der Waals surface area contributed by atoms with E-state index in [1.165, 1.54) is 30.3 Å². The molecule has 28 nitrogen and oxygen atoms in total. The van der Waals surface area contributed by atoms with E-state index < -0.39 is 164 Å². The van der Waals surface area contributed by atoms with E-state index in [9.17, 15) is 88.5 Å². The van der Waals surface area contributed by atoms with Gasteiger partial charge in [0.05, 0.1) is 55.4 Å². The summed E-state index contributed by atoms with van der Waals surface area (Å²) in [4.78, 5) is 169. The Labute approximate surface area is 591 Å². The molecule has 0 spiro atoms. The maximum atomic E-state index is 15.1. The topological polar surface area (TPSA) is 420 Å². The van der Waals surface area contributed by atoms with Crippen molar-refractivity contribution in [2.24, 2.45) is 23.7 Å². The van der Waals surface area contributed by atoms with Crippen molar-refractivity contribution in [2.75, 3.05) is 82.3 Å². The fourth-order valence-electron chi connectivity index (χ4n) is 12.2. The van der Waals surface area contributed by atoms with E-state index in [0.717, 1.165) is 32.1 Å². The average Bonchev–Trinajstić information content (AvgIpc) is 1.70. The molecule has 3 aliphatic heterocycles. The molecule has 3 aliphatic rings. The normalized spacial score (nSPS) is 22.3. The quantitative estimate of drug-likeness (QED) is 0.0406. The standard InChI is InChI=1S/C67H88ClN9O19S3/c1-4-55(81)52-36-98-99-37-53(66(96)77-32-49(80)29-54(77)58(84)28-44(22-41-9-15-56(82)50(68)24-41)63(93)69-30-48(79)26-43(21-38(2)3)65(95)71-52)72-64(94)42(10-16-59(85)86)27-57(83)51(25-40-7-13-47(78)14-8-40)73-67(97)70-45-11-5-39(6-12-45)23-46-31-75(34-61(89)90)18-17-74(33-60(87)88)19-20-76(46)35-62(91)92/h5-9,11-15,24,38,42-44,46,49,51-54,78,80,82H,4,10,16-23,25-37H2,1-3H3,(H,69,93)(H,71,95)(H,72,94)(H,85,86)(H,87,88)(H,89,90)(H,91,92)(H2,70,73,97)/t42-,43+,44+,46?,49+,51-,52-,53-,54-/m0/s1. The summed E-state index contributed by atoms with van der Waals surface area (Å²) in [5.74, 6) is -14.2. The van der Waals surface area contributed by atoms with E-state index in [2.05, 4.69) is 26.6 Å². The van der Waals surface area contributed by atoms with Gasteiger partial charge in [-0.05, 0) is 103 Å². The number of benzene rings is 3. The highest BCUT2D eigenvalue weighted by atomic mass is 35.5. The zero-order valence-electron chi connectivity index (χ0n) is 55.3. The molecule has 1 unspecified atom stereocenters. The summed E-state index contributed by atoms with van der Waals surface area (Å²) in [5, 5.41) is 84.7. The maximum absolute atomic E-state index is 15.1. The molecule has 12 N–H and O–H groups in total. The number of Topliss-reactive ketones (excluding diaryl/α,β-unsaturated/α-hetero) is 4. The van der Waals surface area contributed by atoms with Gasteiger partial charge in [-0.25, -0.2) is 0 Å². The van der Waals surface area contributed by atoms with Gasteiger partial charge in [0.15, 0.2) is 28.2 Å². The molecule has 3 aromatic rings. The fraction of sp³-hybridized carbons (Fsp3) is 0.537. The Kier molecular flexibility index (Phi) is 31.8. The van der Waals surface area contributed by atoms with Crippen molar-refractivity contribution in [1.29, 1.82) is 0 Å². The van der Waals surface area contributed by atoms with Crippen molar-refractivity contribution < 1.29 is 93.3 Å². The maximum Gasteiger partial charge on any atom is 0.317 e. The van der Waals surface area contributed by atoms with Gasteiger partial charge in [-0.1, -0.05) is 84.3 Å². The van der Waals surface area contributed by atoms with Crippen LogP contribution in [0.4, 0.5) is 5.69 Å². The second kappa shape index (κ2) is 39.3. The van der Waals surface area contributed by atoms with E-state index in [0.29, 0.717) is 16.8 Å². The number of rotatable bonds is 26. The Balaban J connectivity index is 1.27. The van der Waals surface area contributed by atoms with Gasteiger partial charge in [-0.2, -0.15) is 0 Å². The second-order valence-electron chi connectivity index (χ2n) is 25.6. The number of carbonyl (C=O) groups excluding carboxylic acids is 8. The van der Waals surface area contributed by atoms with Crippen LogP contribution in [0.2, 0.25) is 5.02 Å². The SMILES string of the molecule is CCC(=O)[C@@H]1CSSC[C@H](NC(=O)[C@@H](CCC(=O)O)CC(=O)[C@H](Cc2ccc(O)cc2)NC(=S)Nc2ccc(CC3CN(CC(=O)O)CCN(CC(=O)O)CCN3CC(=O)O)cc2)C(=O)N2C[C@H](O)C[C@H]2C(=O)C[C@@H](Cc2ccc(O)c(Cl)c2)C(=O)NCC(=O)C[C@@H](CC(C)C)C(=O)N1. The van der Waals surface area contributed by atoms with E-state index in [-0.39, 0.29) is 136 Å². The predicted molar refractivity (Wildman–Crippen MR) is 372 cm³/mol. The first-order valence-electron chi connectivity index (χ1n) is 32.6. The van der Waals surface area contributed by atoms with E-state index in [1.54, 1.807) is 58.0 Å². The van der Waals surface area contributed by atoms with Crippen LogP contribution in [0.25, 0.3) is 0 Å². The van der Waals surface area contributed by atoms with Crippen LogP contribution in [-0.4, -0.2) is 244 Å². The number of fused-ring (bicyclic) bond motifs is 1. The summed E-state index contributed by atoms with van der Waals surface area (Å²) in [6.07, 6.45) is -3.76. The summed E-state index contributed by atoms with van der Waals surface area (Å²) in [6.45, 7) is 4.29. The van der Waals surface area contributed by atoms with Crippen LogP contribution in [0.3, 0.4) is 0 Å². The molecule has 3 saturated heterocycles. The smallest absolute Gasteiger partial charge is 0.317 e. The number of carboxylic acids is 4. The van der Waals surface area contributed by atoms with Gasteiger partial charge >= 0.3 is 23.9 Å². The zero-order valence-corrected chi connectivity index (χ0v) is 58.5. The molecule has 6 rings (SSSR count). The molecule has 0 aliphatic carbocycles. The number of aromatic hydroxyl groups is 2. The number of hydrogen-bond acceptors (Lipinski definition) is 21. The molecule has 9 atom stereocenters. The molecule has 0 aromatic heterocycles. The van der Waals surface area contributed by atoms with Crippen LogP contribution >= 0.6 is 45.4 Å². The van der Waals surface area contributed by atoms with Crippen molar-refractivity contribution in [2.45, 2.75) is 128 Å². The average molecular weight is 1460 g/mol. The number of ketones is 4. The van der Waals surface area contributed by atoms with Crippen molar-refractivity contribution in [3.8, 4) is 11.5 Å². The number of nitrogens with one attached hydrogen (secondary N) is 5. The molecule has 4 amide bonds. The lowest BCUT2D eigenvalue weighted by atomic mass is 9.89. The van der Waals surface area contributed by atoms with Gasteiger partial charge in [0.2, 0.25) is 23.6 Å². The monoisotopic (exact) mass is 1450 g/mol.